The maximum atomic E-state index is 13.3. The fourth-order valence-corrected chi connectivity index (χ4v) is 5.69. The summed E-state index contributed by atoms with van der Waals surface area (Å²) in [5.41, 5.74) is -1.77. The molecule has 1 aromatic rings. The van der Waals surface area contributed by atoms with Crippen LogP contribution < -0.4 is 15.2 Å². The van der Waals surface area contributed by atoms with E-state index in [1.165, 1.54) is 0 Å². The van der Waals surface area contributed by atoms with Crippen molar-refractivity contribution in [3.05, 3.63) is 17.7 Å². The Hall–Kier alpha value is -1.37. The van der Waals surface area contributed by atoms with Gasteiger partial charge in [-0.1, -0.05) is 19.3 Å². The van der Waals surface area contributed by atoms with Gasteiger partial charge in [-0.05, 0) is 30.9 Å². The highest BCUT2D eigenvalue weighted by atomic mass is 32.2. The van der Waals surface area contributed by atoms with Gasteiger partial charge in [-0.3, -0.25) is 0 Å². The molecule has 0 spiro atoms. The molecule has 0 amide bonds. The Bertz CT molecular complexity index is 923. The molecule has 1 saturated carbocycles. The molecule has 2 aliphatic rings. The zero-order valence-corrected chi connectivity index (χ0v) is 15.1. The largest absolute Gasteiger partial charge is 0.417 e. The Morgan fingerprint density at radius 3 is 2.27 bits per heavy atom. The van der Waals surface area contributed by atoms with Crippen LogP contribution >= 0.6 is 0 Å². The Labute approximate surface area is 149 Å². The monoisotopic (exact) mass is 413 g/mol. The van der Waals surface area contributed by atoms with E-state index in [2.05, 4.69) is 10.0 Å². The lowest BCUT2D eigenvalue weighted by atomic mass is 9.87. The first-order chi connectivity index (χ1) is 11.9. The molecule has 7 nitrogen and oxygen atoms in total. The van der Waals surface area contributed by atoms with Crippen molar-refractivity contribution in [1.82, 2.24) is 4.72 Å². The first-order valence-electron chi connectivity index (χ1n) is 7.96. The molecule has 0 saturated heterocycles. The van der Waals surface area contributed by atoms with Gasteiger partial charge in [-0.15, -0.1) is 0 Å². The fourth-order valence-electron chi connectivity index (χ4n) is 3.46. The molecule has 0 bridgehead atoms. The molecule has 0 aromatic heterocycles. The zero-order valence-electron chi connectivity index (χ0n) is 13.5. The summed E-state index contributed by atoms with van der Waals surface area (Å²) in [4.78, 5) is -1.84. The molecule has 1 aliphatic carbocycles. The Morgan fingerprint density at radius 2 is 1.73 bits per heavy atom. The van der Waals surface area contributed by atoms with Gasteiger partial charge in [-0.2, -0.15) is 17.9 Å². The van der Waals surface area contributed by atoms with E-state index >= 15 is 0 Å². The van der Waals surface area contributed by atoms with Crippen molar-refractivity contribution < 1.29 is 30.0 Å². The number of primary sulfonamides is 1. The molecule has 1 aliphatic heterocycles. The molecule has 1 atom stereocenters. The molecular weight excluding hydrogens is 395 g/mol. The Balaban J connectivity index is 2.13. The second kappa shape index (κ2) is 6.36. The van der Waals surface area contributed by atoms with Gasteiger partial charge in [0.05, 0.1) is 22.3 Å². The lowest BCUT2D eigenvalue weighted by Gasteiger charge is -2.36. The summed E-state index contributed by atoms with van der Waals surface area (Å²) < 4.78 is 90.3. The SMILES string of the molecule is NS(=O)(=O)c1cc2c(cc1C(F)(F)F)NC(C1CCCCC1)NS2(=O)=O. The summed E-state index contributed by atoms with van der Waals surface area (Å²) in [6.07, 6.45) is -1.40. The number of nitrogens with one attached hydrogen (secondary N) is 2. The number of alkyl halides is 3. The second-order valence-electron chi connectivity index (χ2n) is 6.53. The van der Waals surface area contributed by atoms with E-state index in [0.717, 1.165) is 32.1 Å². The highest BCUT2D eigenvalue weighted by molar-refractivity contribution is 7.90. The van der Waals surface area contributed by atoms with Crippen LogP contribution in [0.15, 0.2) is 21.9 Å². The molecule has 1 unspecified atom stereocenters. The van der Waals surface area contributed by atoms with Crippen molar-refractivity contribution >= 4 is 25.7 Å². The minimum atomic E-state index is -5.01. The van der Waals surface area contributed by atoms with E-state index in [9.17, 15) is 30.0 Å². The Kier molecular flexibility index (Phi) is 4.74. The van der Waals surface area contributed by atoms with Gasteiger partial charge in [0.25, 0.3) is 0 Å². The van der Waals surface area contributed by atoms with Crippen LogP contribution in [0.1, 0.15) is 37.7 Å². The first-order valence-corrected chi connectivity index (χ1v) is 11.0. The van der Waals surface area contributed by atoms with Gasteiger partial charge >= 0.3 is 6.18 Å². The second-order valence-corrected chi connectivity index (χ2v) is 9.74. The number of anilines is 1. The minimum absolute atomic E-state index is 0.0565. The highest BCUT2D eigenvalue weighted by Crippen LogP contribution is 2.40. The maximum Gasteiger partial charge on any atom is 0.417 e. The van der Waals surface area contributed by atoms with Crippen LogP contribution in [0.4, 0.5) is 18.9 Å². The number of hydrogen-bond donors (Lipinski definition) is 3. The Morgan fingerprint density at radius 1 is 1.12 bits per heavy atom. The number of fused-ring (bicyclic) bond motifs is 1. The number of sulfonamides is 2. The van der Waals surface area contributed by atoms with Gasteiger partial charge in [0.1, 0.15) is 4.90 Å². The zero-order chi connectivity index (χ0) is 19.3. The van der Waals surface area contributed by atoms with E-state index < -0.39 is 47.7 Å². The third kappa shape index (κ3) is 3.68. The summed E-state index contributed by atoms with van der Waals surface area (Å²) in [7, 11) is -8.96. The smallest absolute Gasteiger partial charge is 0.368 e. The molecule has 1 heterocycles. The van der Waals surface area contributed by atoms with E-state index in [4.69, 9.17) is 5.14 Å². The molecule has 1 aromatic carbocycles. The van der Waals surface area contributed by atoms with Gasteiger partial charge in [-0.25, -0.2) is 22.0 Å². The third-order valence-corrected chi connectivity index (χ3v) is 7.13. The third-order valence-electron chi connectivity index (χ3n) is 4.70. The minimum Gasteiger partial charge on any atom is -0.368 e. The summed E-state index contributed by atoms with van der Waals surface area (Å²) in [5, 5.41) is 7.64. The topological polar surface area (TPSA) is 118 Å². The summed E-state index contributed by atoms with van der Waals surface area (Å²) in [5.74, 6) is -0.0565. The van der Waals surface area contributed by atoms with Crippen LogP contribution in [0.5, 0.6) is 0 Å². The van der Waals surface area contributed by atoms with Crippen molar-refractivity contribution in [3.8, 4) is 0 Å². The van der Waals surface area contributed by atoms with E-state index in [1.807, 2.05) is 0 Å². The molecule has 26 heavy (non-hydrogen) atoms. The maximum absolute atomic E-state index is 13.3. The molecule has 3 rings (SSSR count). The number of rotatable bonds is 2. The quantitative estimate of drug-likeness (QED) is 0.685. The lowest BCUT2D eigenvalue weighted by molar-refractivity contribution is -0.139. The van der Waals surface area contributed by atoms with Crippen molar-refractivity contribution in [2.45, 2.75) is 54.2 Å². The van der Waals surface area contributed by atoms with E-state index in [-0.39, 0.29) is 11.6 Å². The van der Waals surface area contributed by atoms with Gasteiger partial charge in [0, 0.05) is 0 Å². The standard InChI is InChI=1S/C14H18F3N3O4S2/c15-14(16,17)9-6-10-12(7-11(9)25(18,21)22)26(23,24)20-13(19-10)8-4-2-1-3-5-8/h6-8,13,19-20H,1-5H2,(H2,18,21,22). The van der Waals surface area contributed by atoms with Crippen LogP contribution in [-0.2, 0) is 26.2 Å². The van der Waals surface area contributed by atoms with Crippen molar-refractivity contribution in [3.63, 3.8) is 0 Å². The normalized spacial score (nSPS) is 23.9. The van der Waals surface area contributed by atoms with Crippen molar-refractivity contribution in [2.24, 2.45) is 11.1 Å². The average Bonchev–Trinajstić information content (AvgIpc) is 2.52. The van der Waals surface area contributed by atoms with Gasteiger partial charge < -0.3 is 5.32 Å². The van der Waals surface area contributed by atoms with Crippen LogP contribution in [-0.4, -0.2) is 23.0 Å². The fraction of sp³-hybridized carbons (Fsp3) is 0.571. The molecule has 4 N–H and O–H groups in total. The predicted octanol–water partition coefficient (Wildman–Crippen LogP) is 1.96. The molecular formula is C14H18F3N3O4S2. The van der Waals surface area contributed by atoms with Gasteiger partial charge in [0.2, 0.25) is 20.0 Å². The number of benzene rings is 1. The van der Waals surface area contributed by atoms with Crippen LogP contribution in [0.3, 0.4) is 0 Å². The van der Waals surface area contributed by atoms with Crippen LogP contribution in [0.25, 0.3) is 0 Å². The van der Waals surface area contributed by atoms with Gasteiger partial charge in [0.15, 0.2) is 0 Å². The average molecular weight is 413 g/mol. The van der Waals surface area contributed by atoms with Crippen LogP contribution in [0.2, 0.25) is 0 Å². The summed E-state index contributed by atoms with van der Waals surface area (Å²) in [6, 6.07) is 0.962. The number of nitrogens with two attached hydrogens (primary N) is 1. The van der Waals surface area contributed by atoms with Crippen molar-refractivity contribution in [1.29, 1.82) is 0 Å². The summed E-state index contributed by atoms with van der Waals surface area (Å²) >= 11 is 0. The molecule has 0 radical (unpaired) electrons. The summed E-state index contributed by atoms with van der Waals surface area (Å²) in [6.45, 7) is 0. The number of hydrogen-bond acceptors (Lipinski definition) is 5. The first kappa shape index (κ1) is 19.4. The highest BCUT2D eigenvalue weighted by Gasteiger charge is 2.41. The van der Waals surface area contributed by atoms with Crippen molar-refractivity contribution in [2.75, 3.05) is 5.32 Å². The van der Waals surface area contributed by atoms with E-state index in [0.29, 0.717) is 12.1 Å². The van der Waals surface area contributed by atoms with Crippen LogP contribution in [0, 0.1) is 5.92 Å². The number of halogens is 3. The molecule has 12 heteroatoms. The lowest BCUT2D eigenvalue weighted by Crippen LogP contribution is -2.49. The van der Waals surface area contributed by atoms with E-state index in [1.54, 1.807) is 0 Å². The molecule has 146 valence electrons. The predicted molar refractivity (Wildman–Crippen MR) is 87.1 cm³/mol. The molecule has 1 fully saturated rings.